The molecule has 5 rings (SSSR count). The van der Waals surface area contributed by atoms with Gasteiger partial charge in [0.1, 0.15) is 17.0 Å². The molecule has 6 heteroatoms. The van der Waals surface area contributed by atoms with Gasteiger partial charge in [-0.3, -0.25) is 4.90 Å². The third kappa shape index (κ3) is 2.23. The number of hydrogen-bond donors (Lipinski definition) is 2. The van der Waals surface area contributed by atoms with E-state index in [-0.39, 0.29) is 18.3 Å². The first kappa shape index (κ1) is 19.4. The molecule has 0 aromatic heterocycles. The lowest BCUT2D eigenvalue weighted by molar-refractivity contribution is -0.241. The van der Waals surface area contributed by atoms with Gasteiger partial charge < -0.3 is 19.7 Å². The van der Waals surface area contributed by atoms with Crippen LogP contribution in [0, 0.1) is 0 Å². The maximum atomic E-state index is 13.2. The summed E-state index contributed by atoms with van der Waals surface area (Å²) in [5, 5.41) is 22.7. The number of aromatic hydroxyl groups is 1. The van der Waals surface area contributed by atoms with Crippen LogP contribution in [0.1, 0.15) is 61.8 Å². The molecule has 30 heavy (non-hydrogen) atoms. The van der Waals surface area contributed by atoms with E-state index < -0.39 is 23.3 Å². The minimum atomic E-state index is -1.31. The van der Waals surface area contributed by atoms with Gasteiger partial charge in [0.2, 0.25) is 0 Å². The average molecular weight is 409 g/mol. The molecule has 2 N–H and O–H groups in total. The zero-order chi connectivity index (χ0) is 21.1. The molecule has 4 bridgehead atoms. The molecule has 0 saturated heterocycles. The number of amides is 1. The van der Waals surface area contributed by atoms with E-state index in [0.717, 1.165) is 29.5 Å². The molecule has 4 atom stereocenters. The second-order valence-electron chi connectivity index (χ2n) is 8.34. The number of phenols is 1. The summed E-state index contributed by atoms with van der Waals surface area (Å²) in [5.74, 6) is 0.0105. The molecule has 0 spiro atoms. The highest BCUT2D eigenvalue weighted by Crippen LogP contribution is 2.69. The van der Waals surface area contributed by atoms with Gasteiger partial charge in [-0.15, -0.1) is 0 Å². The Bertz CT molecular complexity index is 1010. The van der Waals surface area contributed by atoms with Crippen molar-refractivity contribution >= 4 is 11.8 Å². The molecule has 2 aromatic carbocycles. The largest absolute Gasteiger partial charge is 0.508 e. The van der Waals surface area contributed by atoms with Crippen LogP contribution in [0.25, 0.3) is 0 Å². The number of phenolic OH excluding ortho intramolecular Hbond substituents is 1. The predicted molar refractivity (Wildman–Crippen MR) is 112 cm³/mol. The molecular weight excluding hydrogens is 382 g/mol. The molecule has 0 unspecified atom stereocenters. The van der Waals surface area contributed by atoms with Crippen molar-refractivity contribution in [1.82, 2.24) is 0 Å². The van der Waals surface area contributed by atoms with Crippen molar-refractivity contribution in [3.63, 3.8) is 0 Å². The van der Waals surface area contributed by atoms with Gasteiger partial charge in [-0.1, -0.05) is 30.3 Å². The molecule has 1 heterocycles. The van der Waals surface area contributed by atoms with Crippen molar-refractivity contribution < 1.29 is 24.5 Å². The van der Waals surface area contributed by atoms with Crippen molar-refractivity contribution in [2.24, 2.45) is 0 Å². The Hall–Kier alpha value is -2.57. The molecule has 6 nitrogen and oxygen atoms in total. The molecule has 1 saturated carbocycles. The summed E-state index contributed by atoms with van der Waals surface area (Å²) in [6.07, 6.45) is 1.70. The van der Waals surface area contributed by atoms with E-state index in [9.17, 15) is 15.0 Å². The van der Waals surface area contributed by atoms with E-state index in [0.29, 0.717) is 18.7 Å². The Kier molecular flexibility index (Phi) is 4.35. The van der Waals surface area contributed by atoms with Crippen LogP contribution in [0.15, 0.2) is 42.5 Å². The monoisotopic (exact) mass is 409 g/mol. The first-order valence-corrected chi connectivity index (χ1v) is 10.7. The van der Waals surface area contributed by atoms with Crippen LogP contribution in [0.4, 0.5) is 10.5 Å². The highest BCUT2D eigenvalue weighted by Gasteiger charge is 2.71. The van der Waals surface area contributed by atoms with E-state index in [1.807, 2.05) is 25.1 Å². The molecule has 1 amide bonds. The number of ether oxygens (including phenoxy) is 2. The maximum Gasteiger partial charge on any atom is 0.414 e. The molecule has 2 aromatic rings. The van der Waals surface area contributed by atoms with Crippen LogP contribution in [0.2, 0.25) is 0 Å². The number of carbonyl (C=O) groups is 1. The standard InChI is InChI=1S/C24H27NO5/c1-3-29-22(27)25-20-14-15(26)11-12-19(20)24(30-4-2)18-10-7-13-23(24,28)21(25)17-9-6-5-8-16(17)18/h5-6,8-9,11-12,14,18,21,26,28H,3-4,7,10,13H2,1-2H3/t18-,21+,23-,24-/m1/s1. The van der Waals surface area contributed by atoms with E-state index >= 15 is 0 Å². The smallest absolute Gasteiger partial charge is 0.414 e. The topological polar surface area (TPSA) is 79.2 Å². The molecule has 1 fully saturated rings. The van der Waals surface area contributed by atoms with E-state index in [4.69, 9.17) is 9.47 Å². The summed E-state index contributed by atoms with van der Waals surface area (Å²) in [6.45, 7) is 4.33. The zero-order valence-electron chi connectivity index (χ0n) is 17.3. The number of rotatable bonds is 3. The average Bonchev–Trinajstić information content (AvgIpc) is 2.72. The SMILES string of the molecule is CCOC(=O)N1c2cc(O)ccc2[C@]2(OCC)[C@@H]3CCC[C@@]2(O)[C@@H]1c1ccccc13. The fourth-order valence-electron chi connectivity index (χ4n) is 6.19. The van der Waals surface area contributed by atoms with E-state index in [1.165, 1.54) is 4.90 Å². The highest BCUT2D eigenvalue weighted by atomic mass is 16.6. The Morgan fingerprint density at radius 1 is 1.17 bits per heavy atom. The van der Waals surface area contributed by atoms with Gasteiger partial charge >= 0.3 is 6.09 Å². The van der Waals surface area contributed by atoms with Crippen molar-refractivity contribution in [1.29, 1.82) is 0 Å². The van der Waals surface area contributed by atoms with Crippen LogP contribution in [0.3, 0.4) is 0 Å². The Labute approximate surface area is 176 Å². The lowest BCUT2D eigenvalue weighted by Gasteiger charge is -2.65. The van der Waals surface area contributed by atoms with Crippen molar-refractivity contribution in [3.05, 3.63) is 59.2 Å². The lowest BCUT2D eigenvalue weighted by atomic mass is 9.50. The van der Waals surface area contributed by atoms with Crippen LogP contribution < -0.4 is 4.90 Å². The normalized spacial score (nSPS) is 31.0. The maximum absolute atomic E-state index is 13.2. The van der Waals surface area contributed by atoms with Crippen LogP contribution in [0.5, 0.6) is 5.75 Å². The number of fused-ring (bicyclic) bond motifs is 4. The molecule has 0 radical (unpaired) electrons. The quantitative estimate of drug-likeness (QED) is 0.788. The van der Waals surface area contributed by atoms with Crippen LogP contribution in [-0.2, 0) is 15.1 Å². The lowest BCUT2D eigenvalue weighted by Crippen LogP contribution is -2.70. The summed E-state index contributed by atoms with van der Waals surface area (Å²) in [7, 11) is 0. The fraction of sp³-hybridized carbons (Fsp3) is 0.458. The number of anilines is 1. The van der Waals surface area contributed by atoms with Crippen LogP contribution in [-0.4, -0.2) is 35.1 Å². The zero-order valence-corrected chi connectivity index (χ0v) is 17.3. The summed E-state index contributed by atoms with van der Waals surface area (Å²) < 4.78 is 11.9. The minimum absolute atomic E-state index is 0.0451. The fourth-order valence-corrected chi connectivity index (χ4v) is 6.19. The number of aliphatic hydroxyl groups is 1. The van der Waals surface area contributed by atoms with E-state index in [1.54, 1.807) is 25.1 Å². The first-order chi connectivity index (χ1) is 14.5. The van der Waals surface area contributed by atoms with Crippen molar-refractivity contribution in [2.45, 2.75) is 56.3 Å². The minimum Gasteiger partial charge on any atom is -0.508 e. The van der Waals surface area contributed by atoms with Gasteiger partial charge in [0.05, 0.1) is 18.3 Å². The van der Waals surface area contributed by atoms with Gasteiger partial charge in [0.15, 0.2) is 0 Å². The Morgan fingerprint density at radius 3 is 2.67 bits per heavy atom. The summed E-state index contributed by atoms with van der Waals surface area (Å²) in [5.41, 5.74) is 0.990. The predicted octanol–water partition coefficient (Wildman–Crippen LogP) is 4.35. The Morgan fingerprint density at radius 2 is 1.93 bits per heavy atom. The molecule has 2 aliphatic carbocycles. The Balaban J connectivity index is 1.89. The summed E-state index contributed by atoms with van der Waals surface area (Å²) in [4.78, 5) is 14.7. The highest BCUT2D eigenvalue weighted by molar-refractivity contribution is 5.92. The second kappa shape index (κ2) is 6.72. The van der Waals surface area contributed by atoms with Gasteiger partial charge in [0, 0.05) is 24.2 Å². The van der Waals surface area contributed by atoms with Gasteiger partial charge in [-0.05, 0) is 50.3 Å². The number of hydrogen-bond acceptors (Lipinski definition) is 5. The van der Waals surface area contributed by atoms with Gasteiger partial charge in [0.25, 0.3) is 0 Å². The molecule has 158 valence electrons. The summed E-state index contributed by atoms with van der Waals surface area (Å²) >= 11 is 0. The third-order valence-corrected chi connectivity index (χ3v) is 7.04. The molecular formula is C24H27NO5. The van der Waals surface area contributed by atoms with Crippen molar-refractivity contribution in [3.8, 4) is 5.75 Å². The summed E-state index contributed by atoms with van der Waals surface area (Å²) in [6, 6.07) is 12.3. The van der Waals surface area contributed by atoms with Gasteiger partial charge in [-0.2, -0.15) is 0 Å². The number of nitrogens with zero attached hydrogens (tertiary/aromatic N) is 1. The number of benzene rings is 2. The molecule has 1 aliphatic heterocycles. The second-order valence-corrected chi connectivity index (χ2v) is 8.34. The van der Waals surface area contributed by atoms with Gasteiger partial charge in [-0.25, -0.2) is 4.79 Å². The first-order valence-electron chi connectivity index (χ1n) is 10.7. The third-order valence-electron chi connectivity index (χ3n) is 7.04. The van der Waals surface area contributed by atoms with Crippen LogP contribution >= 0.6 is 0 Å². The molecule has 3 aliphatic rings. The van der Waals surface area contributed by atoms with E-state index in [2.05, 4.69) is 6.07 Å². The van der Waals surface area contributed by atoms with Crippen molar-refractivity contribution in [2.75, 3.05) is 18.1 Å². The number of carbonyl (C=O) groups excluding carboxylic acids is 1.